The van der Waals surface area contributed by atoms with Gasteiger partial charge in [-0.05, 0) is 31.4 Å². The smallest absolute Gasteiger partial charge is 0.222 e. The summed E-state index contributed by atoms with van der Waals surface area (Å²) in [7, 11) is 0. The van der Waals surface area contributed by atoms with Crippen LogP contribution < -0.4 is 5.32 Å². The molecule has 7 nitrogen and oxygen atoms in total. The molecule has 1 fully saturated rings. The van der Waals surface area contributed by atoms with Crippen molar-refractivity contribution in [3.8, 4) is 0 Å². The van der Waals surface area contributed by atoms with Crippen LogP contribution in [0.5, 0.6) is 0 Å². The van der Waals surface area contributed by atoms with Crippen LogP contribution in [0.25, 0.3) is 0 Å². The molecule has 0 aromatic heterocycles. The van der Waals surface area contributed by atoms with Crippen LogP contribution in [0.4, 0.5) is 0 Å². The average molecular weight is 380 g/mol. The van der Waals surface area contributed by atoms with Gasteiger partial charge in [-0.3, -0.25) is 4.79 Å². The molecule has 25 heavy (non-hydrogen) atoms. The van der Waals surface area contributed by atoms with Gasteiger partial charge in [0.1, 0.15) is 24.4 Å². The van der Waals surface area contributed by atoms with Gasteiger partial charge in [0.15, 0.2) is 6.23 Å². The van der Waals surface area contributed by atoms with Crippen LogP contribution in [-0.2, 0) is 9.53 Å². The van der Waals surface area contributed by atoms with Crippen LogP contribution in [0.15, 0.2) is 0 Å². The van der Waals surface area contributed by atoms with Crippen LogP contribution in [0.3, 0.4) is 0 Å². The van der Waals surface area contributed by atoms with E-state index in [2.05, 4.69) is 26.1 Å². The molecule has 1 rings (SSSR count). The zero-order valence-corrected chi connectivity index (χ0v) is 16.2. The first-order valence-electron chi connectivity index (χ1n) is 9.01. The number of carbonyl (C=O) groups excluding carboxylic acids is 1. The lowest BCUT2D eigenvalue weighted by Crippen LogP contribution is -2.63. The fraction of sp³-hybridized carbons (Fsp3) is 0.941. The van der Waals surface area contributed by atoms with Crippen molar-refractivity contribution < 1.29 is 30.0 Å². The summed E-state index contributed by atoms with van der Waals surface area (Å²) in [6.07, 6.45) is -2.32. The van der Waals surface area contributed by atoms with Gasteiger partial charge in [0.05, 0.1) is 6.61 Å². The van der Waals surface area contributed by atoms with E-state index in [4.69, 9.17) is 9.84 Å². The third kappa shape index (κ3) is 6.69. The molecule has 0 saturated carbocycles. The Morgan fingerprint density at radius 2 is 1.76 bits per heavy atom. The van der Waals surface area contributed by atoms with E-state index in [-0.39, 0.29) is 5.91 Å². The van der Waals surface area contributed by atoms with Gasteiger partial charge in [-0.2, -0.15) is 11.8 Å². The molecule has 148 valence electrons. The highest BCUT2D eigenvalue weighted by Gasteiger charge is 2.43. The molecule has 5 N–H and O–H groups in total. The Morgan fingerprint density at radius 3 is 2.32 bits per heavy atom. The summed E-state index contributed by atoms with van der Waals surface area (Å²) in [4.78, 5) is 12.0. The van der Waals surface area contributed by atoms with Crippen molar-refractivity contribution in [2.24, 2.45) is 0 Å². The van der Waals surface area contributed by atoms with Gasteiger partial charge >= 0.3 is 0 Å². The molecule has 3 unspecified atom stereocenters. The molecule has 1 heterocycles. The lowest BCUT2D eigenvalue weighted by atomic mass is 9.98. The first-order chi connectivity index (χ1) is 11.8. The molecule has 1 amide bonds. The second-order valence-electron chi connectivity index (χ2n) is 6.78. The molecular formula is C17H33NO6S. The Bertz CT molecular complexity index is 405. The second kappa shape index (κ2) is 10.7. The predicted molar refractivity (Wildman–Crippen MR) is 97.2 cm³/mol. The van der Waals surface area contributed by atoms with Gasteiger partial charge in [0, 0.05) is 11.2 Å². The predicted octanol–water partition coefficient (Wildman–Crippen LogP) is 0.385. The number of nitrogens with one attached hydrogen (secondary N) is 1. The highest BCUT2D eigenvalue weighted by Crippen LogP contribution is 2.32. The van der Waals surface area contributed by atoms with Crippen LogP contribution in [0.2, 0.25) is 0 Å². The van der Waals surface area contributed by atoms with Crippen LogP contribution in [0.1, 0.15) is 52.9 Å². The van der Waals surface area contributed by atoms with Gasteiger partial charge in [-0.1, -0.05) is 20.8 Å². The summed E-state index contributed by atoms with van der Waals surface area (Å²) < 4.78 is 5.55. The van der Waals surface area contributed by atoms with Crippen molar-refractivity contribution >= 4 is 17.7 Å². The number of amides is 1. The molecule has 8 heteroatoms. The van der Waals surface area contributed by atoms with E-state index < -0.39 is 37.3 Å². The fourth-order valence-electron chi connectivity index (χ4n) is 2.61. The molecular weight excluding hydrogens is 346 g/mol. The molecule has 5 atom stereocenters. The number of aliphatic hydroxyl groups is 4. The first-order valence-corrected chi connectivity index (χ1v) is 10.00. The third-order valence-electron chi connectivity index (χ3n) is 4.94. The van der Waals surface area contributed by atoms with E-state index in [1.807, 2.05) is 11.8 Å². The van der Waals surface area contributed by atoms with Gasteiger partial charge in [0.25, 0.3) is 0 Å². The molecule has 0 aliphatic carbocycles. The van der Waals surface area contributed by atoms with E-state index in [9.17, 15) is 20.1 Å². The number of aliphatic hydroxyl groups excluding tert-OH is 4. The summed E-state index contributed by atoms with van der Waals surface area (Å²) in [5.41, 5.74) is 0. The van der Waals surface area contributed by atoms with E-state index in [0.717, 1.165) is 31.4 Å². The van der Waals surface area contributed by atoms with Crippen LogP contribution in [-0.4, -0.2) is 74.1 Å². The van der Waals surface area contributed by atoms with Gasteiger partial charge in [-0.15, -0.1) is 0 Å². The topological polar surface area (TPSA) is 119 Å². The van der Waals surface area contributed by atoms with Crippen molar-refractivity contribution in [2.75, 3.05) is 12.4 Å². The van der Waals surface area contributed by atoms with Crippen molar-refractivity contribution in [1.29, 1.82) is 0 Å². The third-order valence-corrected chi connectivity index (χ3v) is 6.71. The van der Waals surface area contributed by atoms with Gasteiger partial charge in [-0.25, -0.2) is 0 Å². The van der Waals surface area contributed by atoms with Crippen LogP contribution in [0, 0.1) is 0 Å². The highest BCUT2D eigenvalue weighted by atomic mass is 32.2. The minimum atomic E-state index is -1.48. The Morgan fingerprint density at radius 1 is 1.12 bits per heavy atom. The number of carbonyl (C=O) groups is 1. The Kier molecular flexibility index (Phi) is 9.69. The molecule has 1 saturated heterocycles. The average Bonchev–Trinajstić information content (AvgIpc) is 2.61. The lowest BCUT2D eigenvalue weighted by Gasteiger charge is -2.40. The molecule has 0 aromatic rings. The quantitative estimate of drug-likeness (QED) is 0.348. The zero-order valence-electron chi connectivity index (χ0n) is 15.4. The summed E-state index contributed by atoms with van der Waals surface area (Å²) in [6, 6.07) is 0. The number of hydrogen-bond donors (Lipinski definition) is 5. The molecule has 0 spiro atoms. The Labute approximate surface area is 154 Å². The zero-order chi connectivity index (χ0) is 19.0. The number of unbranched alkanes of at least 4 members (excludes halogenated alkanes) is 1. The Balaban J connectivity index is 2.32. The number of ether oxygens (including phenoxy) is 1. The summed E-state index contributed by atoms with van der Waals surface area (Å²) in [5, 5.41) is 40.9. The lowest BCUT2D eigenvalue weighted by molar-refractivity contribution is -0.236. The molecule has 1 aliphatic heterocycles. The number of hydrogen-bond acceptors (Lipinski definition) is 7. The van der Waals surface area contributed by atoms with Crippen molar-refractivity contribution in [3.05, 3.63) is 0 Å². The van der Waals surface area contributed by atoms with E-state index in [1.54, 1.807) is 0 Å². The number of rotatable bonds is 10. The van der Waals surface area contributed by atoms with Crippen LogP contribution >= 0.6 is 11.8 Å². The van der Waals surface area contributed by atoms with E-state index in [1.165, 1.54) is 0 Å². The highest BCUT2D eigenvalue weighted by molar-refractivity contribution is 8.00. The van der Waals surface area contributed by atoms with Crippen molar-refractivity contribution in [2.45, 2.75) is 88.3 Å². The van der Waals surface area contributed by atoms with Gasteiger partial charge in [0.2, 0.25) is 5.91 Å². The van der Waals surface area contributed by atoms with Gasteiger partial charge < -0.3 is 30.5 Å². The van der Waals surface area contributed by atoms with E-state index >= 15 is 0 Å². The Hall–Kier alpha value is -0.380. The summed E-state index contributed by atoms with van der Waals surface area (Å²) in [6.45, 7) is 6.11. The fourth-order valence-corrected chi connectivity index (χ4v) is 3.86. The molecule has 1 aliphatic rings. The molecule has 0 aromatic carbocycles. The monoisotopic (exact) mass is 379 g/mol. The normalized spacial score (nSPS) is 30.3. The minimum absolute atomic E-state index is 0.289. The maximum Gasteiger partial charge on any atom is 0.222 e. The summed E-state index contributed by atoms with van der Waals surface area (Å²) in [5.74, 6) is 0.703. The van der Waals surface area contributed by atoms with E-state index in [0.29, 0.717) is 11.2 Å². The number of thioether (sulfide) groups is 1. The summed E-state index contributed by atoms with van der Waals surface area (Å²) >= 11 is 1.93. The maximum atomic E-state index is 12.0. The van der Waals surface area contributed by atoms with Crippen molar-refractivity contribution in [3.63, 3.8) is 0 Å². The van der Waals surface area contributed by atoms with Crippen molar-refractivity contribution in [1.82, 2.24) is 5.32 Å². The first kappa shape index (κ1) is 22.7. The molecule has 0 radical (unpaired) electrons. The second-order valence-corrected chi connectivity index (χ2v) is 8.46. The molecule has 0 bridgehead atoms. The largest absolute Gasteiger partial charge is 0.394 e. The SMILES string of the molecule is CCC(C)(CC)SCCCCC(=O)N[C@@H]1OC(CO)[C@@H](O)C(O)C1O. The minimum Gasteiger partial charge on any atom is -0.394 e. The maximum absolute atomic E-state index is 12.0. The standard InChI is InChI=1S/C17H33NO6S/c1-4-17(3,5-2)25-9-7-6-8-12(20)18-16-15(23)14(22)13(21)11(10-19)24-16/h11,13-16,19,21-23H,4-10H2,1-3H3,(H,18,20)/t11?,13-,14?,15?,16-/m1/s1.